The standard InChI is InChI=1S/C16H17BrO3/c1-9-7-13(14(16(19)20)8-10(9)2)15(18)11-3-5-12(17)6-4-11/h3-6,13-14H,7-8H2,1-2H3,(H,19,20)/p-1/t13-,14+/m1/s1. The number of allylic oxidation sites excluding steroid dienone is 2. The van der Waals surface area contributed by atoms with Gasteiger partial charge in [-0.2, -0.15) is 0 Å². The Morgan fingerprint density at radius 1 is 1.05 bits per heavy atom. The molecule has 1 aliphatic rings. The third kappa shape index (κ3) is 3.01. The Bertz CT molecular complexity index is 572. The second-order valence-electron chi connectivity index (χ2n) is 5.37. The molecule has 0 saturated heterocycles. The Kier molecular flexibility index (Phi) is 4.43. The lowest BCUT2D eigenvalue weighted by Crippen LogP contribution is -2.41. The summed E-state index contributed by atoms with van der Waals surface area (Å²) in [5.41, 5.74) is 2.72. The number of halogens is 1. The molecule has 2 atom stereocenters. The third-order valence-corrected chi connectivity index (χ3v) is 4.56. The predicted molar refractivity (Wildman–Crippen MR) is 78.1 cm³/mol. The largest absolute Gasteiger partial charge is 0.550 e. The van der Waals surface area contributed by atoms with Crippen LogP contribution in [0.15, 0.2) is 39.9 Å². The van der Waals surface area contributed by atoms with Crippen molar-refractivity contribution in [2.24, 2.45) is 11.8 Å². The van der Waals surface area contributed by atoms with Gasteiger partial charge in [-0.15, -0.1) is 0 Å². The molecule has 2 rings (SSSR count). The molecule has 0 saturated carbocycles. The molecule has 1 aliphatic carbocycles. The number of hydrogen-bond acceptors (Lipinski definition) is 3. The predicted octanol–water partition coefficient (Wildman–Crippen LogP) is 2.74. The van der Waals surface area contributed by atoms with Crippen molar-refractivity contribution in [2.45, 2.75) is 26.7 Å². The van der Waals surface area contributed by atoms with Gasteiger partial charge in [-0.05, 0) is 38.8 Å². The number of carbonyl (C=O) groups is 2. The highest BCUT2D eigenvalue weighted by molar-refractivity contribution is 9.10. The number of carboxylic acid groups (broad SMARTS) is 1. The molecule has 0 amide bonds. The first-order valence-electron chi connectivity index (χ1n) is 6.56. The zero-order valence-corrected chi connectivity index (χ0v) is 13.1. The van der Waals surface area contributed by atoms with E-state index in [9.17, 15) is 14.7 Å². The highest BCUT2D eigenvalue weighted by Crippen LogP contribution is 2.35. The molecule has 0 fully saturated rings. The molecule has 3 nitrogen and oxygen atoms in total. The van der Waals surface area contributed by atoms with Crippen molar-refractivity contribution in [2.75, 3.05) is 0 Å². The molecule has 4 heteroatoms. The van der Waals surface area contributed by atoms with Crippen molar-refractivity contribution in [1.82, 2.24) is 0 Å². The Morgan fingerprint density at radius 3 is 2.05 bits per heavy atom. The molecule has 0 radical (unpaired) electrons. The molecule has 0 aromatic heterocycles. The van der Waals surface area contributed by atoms with Gasteiger partial charge in [-0.25, -0.2) is 0 Å². The van der Waals surface area contributed by atoms with Gasteiger partial charge >= 0.3 is 0 Å². The summed E-state index contributed by atoms with van der Waals surface area (Å²) in [6.45, 7) is 3.88. The SMILES string of the molecule is CC1=C(C)C[C@@H](C(=O)c2ccc(Br)cc2)[C@@H](C(=O)[O-])C1. The van der Waals surface area contributed by atoms with Gasteiger partial charge in [0, 0.05) is 27.8 Å². The molecule has 1 aromatic carbocycles. The Balaban J connectivity index is 2.31. The number of aliphatic carboxylic acids is 1. The summed E-state index contributed by atoms with van der Waals surface area (Å²) < 4.78 is 0.890. The van der Waals surface area contributed by atoms with Crippen molar-refractivity contribution in [3.8, 4) is 0 Å². The summed E-state index contributed by atoms with van der Waals surface area (Å²) in [4.78, 5) is 23.9. The second kappa shape index (κ2) is 5.92. The van der Waals surface area contributed by atoms with Crippen LogP contribution in [0, 0.1) is 11.8 Å². The van der Waals surface area contributed by atoms with Crippen LogP contribution in [0.1, 0.15) is 37.0 Å². The van der Waals surface area contributed by atoms with Crippen molar-refractivity contribution in [3.63, 3.8) is 0 Å². The fourth-order valence-electron chi connectivity index (χ4n) is 2.64. The summed E-state index contributed by atoms with van der Waals surface area (Å²) in [7, 11) is 0. The molecular formula is C16H16BrO3-. The lowest BCUT2D eigenvalue weighted by atomic mass is 9.73. The van der Waals surface area contributed by atoms with Crippen molar-refractivity contribution < 1.29 is 14.7 Å². The van der Waals surface area contributed by atoms with E-state index in [0.717, 1.165) is 15.6 Å². The van der Waals surface area contributed by atoms with Crippen molar-refractivity contribution >= 4 is 27.7 Å². The summed E-state index contributed by atoms with van der Waals surface area (Å²) in [5.74, 6) is -2.49. The van der Waals surface area contributed by atoms with Crippen LogP contribution < -0.4 is 5.11 Å². The Labute approximate surface area is 126 Å². The quantitative estimate of drug-likeness (QED) is 0.630. The first-order chi connectivity index (χ1) is 9.40. The zero-order valence-electron chi connectivity index (χ0n) is 11.5. The molecule has 1 aromatic rings. The van der Waals surface area contributed by atoms with Gasteiger partial charge in [-0.3, -0.25) is 4.79 Å². The van der Waals surface area contributed by atoms with Gasteiger partial charge in [0.25, 0.3) is 0 Å². The average Bonchev–Trinajstić information content (AvgIpc) is 2.41. The number of benzene rings is 1. The first kappa shape index (κ1) is 15.0. The smallest absolute Gasteiger partial charge is 0.166 e. The van der Waals surface area contributed by atoms with Gasteiger partial charge in [0.2, 0.25) is 0 Å². The van der Waals surface area contributed by atoms with E-state index in [1.54, 1.807) is 24.3 Å². The van der Waals surface area contributed by atoms with E-state index in [0.29, 0.717) is 18.4 Å². The van der Waals surface area contributed by atoms with Crippen molar-refractivity contribution in [1.29, 1.82) is 0 Å². The number of ketones is 1. The molecule has 0 heterocycles. The highest BCUT2D eigenvalue weighted by Gasteiger charge is 2.33. The van der Waals surface area contributed by atoms with E-state index in [-0.39, 0.29) is 5.78 Å². The van der Waals surface area contributed by atoms with Crippen LogP contribution in [-0.2, 0) is 4.79 Å². The van der Waals surface area contributed by atoms with Gasteiger partial charge in [-0.1, -0.05) is 39.2 Å². The maximum absolute atomic E-state index is 12.5. The number of carbonyl (C=O) groups excluding carboxylic acids is 2. The van der Waals surface area contributed by atoms with Crippen LogP contribution in [0.4, 0.5) is 0 Å². The number of hydrogen-bond donors (Lipinski definition) is 0. The molecule has 0 N–H and O–H groups in total. The van der Waals surface area contributed by atoms with E-state index in [4.69, 9.17) is 0 Å². The zero-order chi connectivity index (χ0) is 14.9. The third-order valence-electron chi connectivity index (χ3n) is 4.03. The molecule has 0 bridgehead atoms. The molecular weight excluding hydrogens is 320 g/mol. The molecule has 106 valence electrons. The normalized spacial score (nSPS) is 22.8. The molecule has 0 unspecified atom stereocenters. The fourth-order valence-corrected chi connectivity index (χ4v) is 2.91. The minimum atomic E-state index is -1.13. The first-order valence-corrected chi connectivity index (χ1v) is 7.35. The Morgan fingerprint density at radius 2 is 1.55 bits per heavy atom. The minimum absolute atomic E-state index is 0.112. The number of carboxylic acids is 1. The molecule has 0 aliphatic heterocycles. The average molecular weight is 336 g/mol. The van der Waals surface area contributed by atoms with Crippen LogP contribution in [0.5, 0.6) is 0 Å². The summed E-state index contributed by atoms with van der Waals surface area (Å²) >= 11 is 3.32. The maximum atomic E-state index is 12.5. The lowest BCUT2D eigenvalue weighted by Gasteiger charge is -2.32. The van der Waals surface area contributed by atoms with Crippen molar-refractivity contribution in [3.05, 3.63) is 45.4 Å². The van der Waals surface area contributed by atoms with Crippen LogP contribution in [-0.4, -0.2) is 11.8 Å². The van der Waals surface area contributed by atoms with Gasteiger partial charge in [0.1, 0.15) is 0 Å². The second-order valence-corrected chi connectivity index (χ2v) is 6.29. The summed E-state index contributed by atoms with van der Waals surface area (Å²) in [5, 5.41) is 11.3. The summed E-state index contributed by atoms with van der Waals surface area (Å²) in [6, 6.07) is 7.02. The number of rotatable bonds is 3. The monoisotopic (exact) mass is 335 g/mol. The highest BCUT2D eigenvalue weighted by atomic mass is 79.9. The Hall–Kier alpha value is -1.42. The van der Waals surface area contributed by atoms with E-state index >= 15 is 0 Å². The fraction of sp³-hybridized carbons (Fsp3) is 0.375. The van der Waals surface area contributed by atoms with E-state index in [2.05, 4.69) is 15.9 Å². The lowest BCUT2D eigenvalue weighted by molar-refractivity contribution is -0.313. The molecule has 0 spiro atoms. The van der Waals surface area contributed by atoms with Gasteiger partial charge in [0.05, 0.1) is 0 Å². The van der Waals surface area contributed by atoms with Crippen LogP contribution in [0.3, 0.4) is 0 Å². The van der Waals surface area contributed by atoms with E-state index in [1.807, 2.05) is 13.8 Å². The van der Waals surface area contributed by atoms with E-state index in [1.165, 1.54) is 0 Å². The van der Waals surface area contributed by atoms with E-state index < -0.39 is 17.8 Å². The minimum Gasteiger partial charge on any atom is -0.550 e. The topological polar surface area (TPSA) is 57.2 Å². The number of Topliss-reactive ketones (excluding diaryl/α,β-unsaturated/α-hetero) is 1. The van der Waals surface area contributed by atoms with Crippen LogP contribution >= 0.6 is 15.9 Å². The van der Waals surface area contributed by atoms with Gasteiger partial charge < -0.3 is 9.90 Å². The maximum Gasteiger partial charge on any atom is 0.166 e. The van der Waals surface area contributed by atoms with Crippen LogP contribution in [0.25, 0.3) is 0 Å². The van der Waals surface area contributed by atoms with Crippen LogP contribution in [0.2, 0.25) is 0 Å². The molecule has 20 heavy (non-hydrogen) atoms. The van der Waals surface area contributed by atoms with Gasteiger partial charge in [0.15, 0.2) is 5.78 Å². The summed E-state index contributed by atoms with van der Waals surface area (Å²) in [6.07, 6.45) is 0.903.